The van der Waals surface area contributed by atoms with Crippen molar-refractivity contribution in [3.05, 3.63) is 52.1 Å². The molecular weight excluding hydrogens is 614 g/mol. The molecule has 1 aromatic rings. The van der Waals surface area contributed by atoms with Crippen molar-refractivity contribution in [1.29, 1.82) is 0 Å². The van der Waals surface area contributed by atoms with E-state index < -0.39 is 59.6 Å². The minimum atomic E-state index is -1.58. The summed E-state index contributed by atoms with van der Waals surface area (Å²) in [5.41, 5.74) is 0.578. The van der Waals surface area contributed by atoms with E-state index in [1.54, 1.807) is 20.9 Å². The van der Waals surface area contributed by atoms with Gasteiger partial charge in [0, 0.05) is 39.3 Å². The second-order valence-electron chi connectivity index (χ2n) is 13.3. The van der Waals surface area contributed by atoms with Crippen LogP contribution in [0.25, 0.3) is 0 Å². The maximum atomic E-state index is 13.9. The fourth-order valence-corrected chi connectivity index (χ4v) is 6.45. The molecule has 0 aliphatic carbocycles. The van der Waals surface area contributed by atoms with Gasteiger partial charge in [0.25, 0.3) is 0 Å². The lowest BCUT2D eigenvalue weighted by Crippen LogP contribution is -2.60. The van der Waals surface area contributed by atoms with E-state index in [-0.39, 0.29) is 24.7 Å². The number of alkyl carbamates (subject to hydrolysis) is 1. The van der Waals surface area contributed by atoms with Crippen molar-refractivity contribution in [3.63, 3.8) is 0 Å². The molecule has 0 saturated carbocycles. The Balaban J connectivity index is 1.76. The molecule has 2 N–H and O–H groups in total. The van der Waals surface area contributed by atoms with Gasteiger partial charge >= 0.3 is 12.1 Å². The number of likely N-dealkylation sites (N-methyl/N-ethyl adjacent to an activating group) is 1. The Morgan fingerprint density at radius 3 is 2.57 bits per heavy atom. The molecule has 3 heterocycles. The van der Waals surface area contributed by atoms with E-state index in [4.69, 9.17) is 25.8 Å². The molecule has 252 valence electrons. The first kappa shape index (κ1) is 35.4. The van der Waals surface area contributed by atoms with E-state index >= 15 is 0 Å². The number of halogens is 1. The van der Waals surface area contributed by atoms with Gasteiger partial charge in [0.15, 0.2) is 0 Å². The van der Waals surface area contributed by atoms with E-state index in [1.807, 2.05) is 58.1 Å². The first-order valence-electron chi connectivity index (χ1n) is 15.6. The van der Waals surface area contributed by atoms with Crippen molar-refractivity contribution in [2.45, 2.75) is 103 Å². The molecule has 2 saturated heterocycles. The number of hydrogen-bond acceptors (Lipinski definition) is 8. The van der Waals surface area contributed by atoms with Crippen LogP contribution in [0.2, 0.25) is 5.02 Å². The van der Waals surface area contributed by atoms with Crippen LogP contribution in [0.3, 0.4) is 0 Å². The van der Waals surface area contributed by atoms with Gasteiger partial charge in [0.2, 0.25) is 11.8 Å². The summed E-state index contributed by atoms with van der Waals surface area (Å²) in [6.07, 6.45) is 2.93. The van der Waals surface area contributed by atoms with E-state index in [9.17, 15) is 24.3 Å². The molecule has 0 radical (unpaired) electrons. The summed E-state index contributed by atoms with van der Waals surface area (Å²) in [6.45, 7) is 12.1. The lowest BCUT2D eigenvalue weighted by Gasteiger charge is -2.41. The van der Waals surface area contributed by atoms with Gasteiger partial charge in [-0.25, -0.2) is 9.59 Å². The van der Waals surface area contributed by atoms with Crippen LogP contribution in [-0.2, 0) is 35.0 Å². The molecule has 4 rings (SSSR count). The van der Waals surface area contributed by atoms with Gasteiger partial charge in [0.1, 0.15) is 29.6 Å². The summed E-state index contributed by atoms with van der Waals surface area (Å²) in [6, 6.07) is 2.93. The number of aryl methyl sites for hydroxylation is 1. The lowest BCUT2D eigenvalue weighted by atomic mass is 9.82. The number of amides is 3. The topological polar surface area (TPSA) is 138 Å². The molecule has 2 fully saturated rings. The average Bonchev–Trinajstić information content (AvgIpc) is 3.68. The van der Waals surface area contributed by atoms with Crippen molar-refractivity contribution < 1.29 is 38.5 Å². The summed E-state index contributed by atoms with van der Waals surface area (Å²) in [5.74, 6) is -2.28. The van der Waals surface area contributed by atoms with Gasteiger partial charge in [-0.3, -0.25) is 14.9 Å². The molecular formula is C34H46ClN3O8. The third-order valence-corrected chi connectivity index (χ3v) is 10.3. The van der Waals surface area contributed by atoms with Gasteiger partial charge in [-0.1, -0.05) is 55.3 Å². The van der Waals surface area contributed by atoms with Crippen LogP contribution in [0.15, 0.2) is 35.9 Å². The zero-order chi connectivity index (χ0) is 34.3. The molecule has 7 unspecified atom stereocenters. The maximum absolute atomic E-state index is 13.9. The Kier molecular flexibility index (Phi) is 10.3. The number of fused-ring (bicyclic) bond motifs is 5. The highest BCUT2D eigenvalue weighted by Crippen LogP contribution is 2.49. The highest BCUT2D eigenvalue weighted by molar-refractivity contribution is 6.34. The average molecular weight is 660 g/mol. The molecule has 12 heteroatoms. The SMILES string of the molecule is CC(=O)N(C)[C@@H](C)C(=O)OC1CC(=O)N(C)c2cc(cc(C)c2Cl)C/C(C)=C/C=C/C(C)C2(O)CC(OC(=O)N2)C(C)C2OC12C. The number of nitrogens with zero attached hydrogens (tertiary/aromatic N) is 2. The predicted molar refractivity (Wildman–Crippen MR) is 173 cm³/mol. The zero-order valence-corrected chi connectivity index (χ0v) is 28.8. The van der Waals surface area contributed by atoms with Crippen molar-refractivity contribution in [2.24, 2.45) is 11.8 Å². The minimum absolute atomic E-state index is 0.0836. The maximum Gasteiger partial charge on any atom is 0.409 e. The van der Waals surface area contributed by atoms with Crippen LogP contribution in [0, 0.1) is 18.8 Å². The Bertz CT molecular complexity index is 1460. The molecule has 46 heavy (non-hydrogen) atoms. The highest BCUT2D eigenvalue weighted by atomic mass is 35.5. The Hall–Kier alpha value is -3.41. The quantitative estimate of drug-likeness (QED) is 0.359. The Morgan fingerprint density at radius 1 is 1.24 bits per heavy atom. The monoisotopic (exact) mass is 659 g/mol. The first-order valence-corrected chi connectivity index (χ1v) is 16.0. The van der Waals surface area contributed by atoms with Gasteiger partial charge in [-0.2, -0.15) is 0 Å². The van der Waals surface area contributed by atoms with Gasteiger partial charge in [0.05, 0.1) is 23.2 Å². The Morgan fingerprint density at radius 2 is 1.91 bits per heavy atom. The number of rotatable bonds is 3. The molecule has 4 bridgehead atoms. The smallest absolute Gasteiger partial charge is 0.409 e. The number of ether oxygens (including phenoxy) is 3. The number of anilines is 1. The number of hydrogen-bond donors (Lipinski definition) is 2. The fraction of sp³-hybridized carbons (Fsp3) is 0.588. The normalized spacial score (nSPS) is 34.2. The van der Waals surface area contributed by atoms with E-state index in [2.05, 4.69) is 5.32 Å². The third kappa shape index (κ3) is 7.26. The number of aliphatic hydroxyl groups is 1. The number of benzene rings is 1. The summed E-state index contributed by atoms with van der Waals surface area (Å²) in [5, 5.41) is 14.6. The largest absolute Gasteiger partial charge is 0.457 e. The zero-order valence-electron chi connectivity index (χ0n) is 28.0. The van der Waals surface area contributed by atoms with Crippen LogP contribution in [-0.4, -0.2) is 83.7 Å². The van der Waals surface area contributed by atoms with Gasteiger partial charge in [-0.15, -0.1) is 0 Å². The van der Waals surface area contributed by atoms with Crippen LogP contribution < -0.4 is 10.2 Å². The Labute approximate surface area is 275 Å². The molecule has 3 aliphatic heterocycles. The number of carbonyl (C=O) groups excluding carboxylic acids is 4. The third-order valence-electron chi connectivity index (χ3n) is 9.77. The summed E-state index contributed by atoms with van der Waals surface area (Å²) < 4.78 is 17.8. The minimum Gasteiger partial charge on any atom is -0.457 e. The molecule has 3 aliphatic rings. The number of esters is 1. The standard InChI is InChI=1S/C34H46ClN3O8/c1-18-11-10-12-20(3)34(43)17-26(44-32(42)36-34)21(4)30-33(7,46-30)27(45-31(41)22(5)37(8)23(6)39)16-28(40)38(9)25-15-24(13-18)14-19(2)29(25)35/h10-12,14-15,20-22,26-27,30,43H,13,16-17H2,1-9H3,(H,36,42)/b12-10+,18-11+/t20?,21?,22-,26?,27?,30?,33?,34?/m0/s1. The van der Waals surface area contributed by atoms with Crippen molar-refractivity contribution in [1.82, 2.24) is 10.2 Å². The van der Waals surface area contributed by atoms with Crippen molar-refractivity contribution >= 4 is 41.2 Å². The number of epoxide rings is 1. The first-order chi connectivity index (χ1) is 21.4. The second kappa shape index (κ2) is 13.4. The molecule has 0 spiro atoms. The van der Waals surface area contributed by atoms with Crippen LogP contribution in [0.1, 0.15) is 65.5 Å². The summed E-state index contributed by atoms with van der Waals surface area (Å²) in [4.78, 5) is 54.6. The number of carbonyl (C=O) groups is 4. The molecule has 3 amide bonds. The van der Waals surface area contributed by atoms with Crippen LogP contribution in [0.5, 0.6) is 0 Å². The van der Waals surface area contributed by atoms with E-state index in [0.29, 0.717) is 17.1 Å². The van der Waals surface area contributed by atoms with Crippen molar-refractivity contribution in [3.8, 4) is 0 Å². The number of nitrogens with one attached hydrogen (secondary N) is 1. The van der Waals surface area contributed by atoms with E-state index in [1.165, 1.54) is 23.8 Å². The molecule has 8 atom stereocenters. The molecule has 11 nitrogen and oxygen atoms in total. The lowest BCUT2D eigenvalue weighted by molar-refractivity contribution is -0.161. The van der Waals surface area contributed by atoms with Gasteiger partial charge in [-0.05, 0) is 51.3 Å². The second-order valence-corrected chi connectivity index (χ2v) is 13.7. The molecule has 0 aromatic heterocycles. The van der Waals surface area contributed by atoms with Gasteiger partial charge < -0.3 is 29.1 Å². The number of allylic oxidation sites excluding steroid dienone is 3. The predicted octanol–water partition coefficient (Wildman–Crippen LogP) is 4.46. The summed E-state index contributed by atoms with van der Waals surface area (Å²) in [7, 11) is 3.12. The van der Waals surface area contributed by atoms with Crippen LogP contribution in [0.4, 0.5) is 10.5 Å². The van der Waals surface area contributed by atoms with Crippen molar-refractivity contribution in [2.75, 3.05) is 19.0 Å². The highest BCUT2D eigenvalue weighted by Gasteiger charge is 2.64. The fourth-order valence-electron chi connectivity index (χ4n) is 6.22. The molecule has 1 aromatic carbocycles. The summed E-state index contributed by atoms with van der Waals surface area (Å²) >= 11 is 6.72. The van der Waals surface area contributed by atoms with Crippen LogP contribution >= 0.6 is 11.6 Å². The van der Waals surface area contributed by atoms with E-state index in [0.717, 1.165) is 16.7 Å².